The molecule has 0 bridgehead atoms. The molecule has 0 spiro atoms. The van der Waals surface area contributed by atoms with Gasteiger partial charge in [0, 0.05) is 25.2 Å². The molecule has 0 aromatic heterocycles. The normalized spacial score (nSPS) is 18.9. The Morgan fingerprint density at radius 1 is 1.22 bits per heavy atom. The fourth-order valence-corrected chi connectivity index (χ4v) is 2.53. The Bertz CT molecular complexity index is 367. The highest BCUT2D eigenvalue weighted by atomic mass is 16.5. The first-order valence-corrected chi connectivity index (χ1v) is 6.71. The molecule has 3 heteroatoms. The summed E-state index contributed by atoms with van der Waals surface area (Å²) in [6.45, 7) is 6.37. The molecule has 1 aromatic rings. The van der Waals surface area contributed by atoms with E-state index in [9.17, 15) is 0 Å². The van der Waals surface area contributed by atoms with Crippen LogP contribution in [0.4, 0.5) is 0 Å². The zero-order valence-electron chi connectivity index (χ0n) is 11.3. The van der Waals surface area contributed by atoms with Crippen LogP contribution < -0.4 is 10.5 Å². The van der Waals surface area contributed by atoms with Crippen LogP contribution in [0.3, 0.4) is 0 Å². The van der Waals surface area contributed by atoms with E-state index < -0.39 is 0 Å². The Morgan fingerprint density at radius 2 is 1.83 bits per heavy atom. The Labute approximate surface area is 109 Å². The first-order valence-electron chi connectivity index (χ1n) is 6.71. The summed E-state index contributed by atoms with van der Waals surface area (Å²) in [7, 11) is 0. The van der Waals surface area contributed by atoms with E-state index in [1.165, 1.54) is 5.56 Å². The van der Waals surface area contributed by atoms with E-state index in [2.05, 4.69) is 12.1 Å². The Balaban J connectivity index is 2.16. The van der Waals surface area contributed by atoms with Crippen LogP contribution in [0.25, 0.3) is 0 Å². The largest absolute Gasteiger partial charge is 0.491 e. The Hall–Kier alpha value is -1.06. The minimum absolute atomic E-state index is 0.0919. The number of hydrogen-bond donors (Lipinski definition) is 1. The van der Waals surface area contributed by atoms with Crippen LogP contribution in [-0.4, -0.2) is 25.9 Å². The maximum Gasteiger partial charge on any atom is 0.119 e. The molecule has 1 fully saturated rings. The van der Waals surface area contributed by atoms with Gasteiger partial charge in [0.05, 0.1) is 6.10 Å². The molecule has 0 aliphatic carbocycles. The van der Waals surface area contributed by atoms with E-state index in [1.54, 1.807) is 0 Å². The highest BCUT2D eigenvalue weighted by Gasteiger charge is 2.32. The number of hydrogen-bond acceptors (Lipinski definition) is 3. The zero-order valence-corrected chi connectivity index (χ0v) is 11.3. The van der Waals surface area contributed by atoms with Gasteiger partial charge in [-0.15, -0.1) is 0 Å². The average Bonchev–Trinajstić information content (AvgIpc) is 2.39. The molecule has 18 heavy (non-hydrogen) atoms. The lowest BCUT2D eigenvalue weighted by Gasteiger charge is -2.36. The minimum atomic E-state index is 0.0919. The third-order valence-corrected chi connectivity index (χ3v) is 3.68. The maximum absolute atomic E-state index is 6.00. The van der Waals surface area contributed by atoms with Crippen molar-refractivity contribution in [1.82, 2.24) is 0 Å². The molecule has 3 nitrogen and oxygen atoms in total. The van der Waals surface area contributed by atoms with E-state index in [0.29, 0.717) is 6.54 Å². The lowest BCUT2D eigenvalue weighted by Crippen LogP contribution is -2.40. The van der Waals surface area contributed by atoms with Gasteiger partial charge in [-0.3, -0.25) is 0 Å². The van der Waals surface area contributed by atoms with Gasteiger partial charge in [0.1, 0.15) is 5.75 Å². The van der Waals surface area contributed by atoms with Crippen molar-refractivity contribution < 1.29 is 9.47 Å². The second-order valence-corrected chi connectivity index (χ2v) is 5.29. The van der Waals surface area contributed by atoms with Gasteiger partial charge in [0.15, 0.2) is 0 Å². The van der Waals surface area contributed by atoms with Crippen LogP contribution in [0.15, 0.2) is 24.3 Å². The van der Waals surface area contributed by atoms with Crippen molar-refractivity contribution in [3.8, 4) is 5.75 Å². The van der Waals surface area contributed by atoms with Crippen LogP contribution in [0.5, 0.6) is 5.75 Å². The molecule has 1 saturated heterocycles. The van der Waals surface area contributed by atoms with Crippen LogP contribution in [0.1, 0.15) is 32.3 Å². The predicted octanol–water partition coefficient (Wildman–Crippen LogP) is 2.48. The van der Waals surface area contributed by atoms with Gasteiger partial charge in [-0.2, -0.15) is 0 Å². The lowest BCUT2D eigenvalue weighted by atomic mass is 9.74. The molecule has 0 saturated carbocycles. The number of rotatable bonds is 4. The van der Waals surface area contributed by atoms with E-state index in [1.807, 2.05) is 26.0 Å². The Morgan fingerprint density at radius 3 is 2.33 bits per heavy atom. The molecule has 1 aliphatic rings. The van der Waals surface area contributed by atoms with E-state index in [4.69, 9.17) is 15.2 Å². The summed E-state index contributed by atoms with van der Waals surface area (Å²) in [5.41, 5.74) is 7.40. The summed E-state index contributed by atoms with van der Waals surface area (Å²) >= 11 is 0. The molecule has 1 heterocycles. The van der Waals surface area contributed by atoms with Gasteiger partial charge in [0.2, 0.25) is 0 Å². The fraction of sp³-hybridized carbons (Fsp3) is 0.600. The first-order chi connectivity index (χ1) is 8.66. The smallest absolute Gasteiger partial charge is 0.119 e. The van der Waals surface area contributed by atoms with Crippen molar-refractivity contribution in [3.63, 3.8) is 0 Å². The fourth-order valence-electron chi connectivity index (χ4n) is 2.53. The summed E-state index contributed by atoms with van der Waals surface area (Å²) in [6.07, 6.45) is 2.23. The van der Waals surface area contributed by atoms with Crippen LogP contribution >= 0.6 is 0 Å². The summed E-state index contributed by atoms with van der Waals surface area (Å²) in [4.78, 5) is 0. The van der Waals surface area contributed by atoms with E-state index >= 15 is 0 Å². The number of ether oxygens (including phenoxy) is 2. The van der Waals surface area contributed by atoms with E-state index in [0.717, 1.165) is 31.8 Å². The summed E-state index contributed by atoms with van der Waals surface area (Å²) in [5.74, 6) is 0.924. The Kier molecular flexibility index (Phi) is 4.25. The van der Waals surface area contributed by atoms with Gasteiger partial charge >= 0.3 is 0 Å². The molecular formula is C15H23NO2. The van der Waals surface area contributed by atoms with Gasteiger partial charge in [-0.05, 0) is 44.4 Å². The molecule has 0 unspecified atom stereocenters. The summed E-state index contributed by atoms with van der Waals surface area (Å²) < 4.78 is 11.1. The van der Waals surface area contributed by atoms with Crippen LogP contribution in [0, 0.1) is 0 Å². The second kappa shape index (κ2) is 5.72. The molecule has 0 radical (unpaired) electrons. The minimum Gasteiger partial charge on any atom is -0.491 e. The molecule has 1 aliphatic heterocycles. The topological polar surface area (TPSA) is 44.5 Å². The third-order valence-electron chi connectivity index (χ3n) is 3.68. The summed E-state index contributed by atoms with van der Waals surface area (Å²) in [6, 6.07) is 8.39. The SMILES string of the molecule is CC(C)Oc1ccc(C2(CN)CCOCC2)cc1. The molecule has 0 amide bonds. The van der Waals surface area contributed by atoms with Crippen molar-refractivity contribution in [2.45, 2.75) is 38.2 Å². The van der Waals surface area contributed by atoms with Gasteiger partial charge < -0.3 is 15.2 Å². The maximum atomic E-state index is 6.00. The monoisotopic (exact) mass is 249 g/mol. The number of nitrogens with two attached hydrogens (primary N) is 1. The summed E-state index contributed by atoms with van der Waals surface area (Å²) in [5, 5.41) is 0. The highest BCUT2D eigenvalue weighted by molar-refractivity contribution is 5.33. The molecule has 2 rings (SSSR count). The standard InChI is InChI=1S/C15H23NO2/c1-12(2)18-14-5-3-13(4-6-14)15(11-16)7-9-17-10-8-15/h3-6,12H,7-11,16H2,1-2H3. The van der Waals surface area contributed by atoms with Crippen molar-refractivity contribution in [2.75, 3.05) is 19.8 Å². The van der Waals surface area contributed by atoms with Gasteiger partial charge in [-0.25, -0.2) is 0 Å². The molecule has 100 valence electrons. The van der Waals surface area contributed by atoms with Crippen LogP contribution in [-0.2, 0) is 10.2 Å². The average molecular weight is 249 g/mol. The van der Waals surface area contributed by atoms with Gasteiger partial charge in [0.25, 0.3) is 0 Å². The molecular weight excluding hydrogens is 226 g/mol. The van der Waals surface area contributed by atoms with Gasteiger partial charge in [-0.1, -0.05) is 12.1 Å². The number of benzene rings is 1. The van der Waals surface area contributed by atoms with Crippen molar-refractivity contribution in [1.29, 1.82) is 0 Å². The van der Waals surface area contributed by atoms with Crippen molar-refractivity contribution in [3.05, 3.63) is 29.8 Å². The van der Waals surface area contributed by atoms with Crippen LogP contribution in [0.2, 0.25) is 0 Å². The molecule has 1 aromatic carbocycles. The first kappa shape index (κ1) is 13.4. The van der Waals surface area contributed by atoms with Crippen molar-refractivity contribution in [2.24, 2.45) is 5.73 Å². The lowest BCUT2D eigenvalue weighted by molar-refractivity contribution is 0.0529. The zero-order chi connectivity index (χ0) is 13.0. The third kappa shape index (κ3) is 2.85. The highest BCUT2D eigenvalue weighted by Crippen LogP contribution is 2.34. The quantitative estimate of drug-likeness (QED) is 0.891. The second-order valence-electron chi connectivity index (χ2n) is 5.29. The van der Waals surface area contributed by atoms with Crippen molar-refractivity contribution >= 4 is 0 Å². The predicted molar refractivity (Wildman–Crippen MR) is 73.0 cm³/mol. The molecule has 2 N–H and O–H groups in total. The van der Waals surface area contributed by atoms with E-state index in [-0.39, 0.29) is 11.5 Å². The molecule has 0 atom stereocenters.